The Morgan fingerprint density at radius 2 is 2.03 bits per heavy atom. The molecule has 0 atom stereocenters. The lowest BCUT2D eigenvalue weighted by Crippen LogP contribution is -2.15. The monoisotopic (exact) mass is 421 g/mol. The number of hydrogen-bond donors (Lipinski definition) is 1. The van der Waals surface area contributed by atoms with Crippen molar-refractivity contribution in [3.63, 3.8) is 0 Å². The Morgan fingerprint density at radius 1 is 1.21 bits per heavy atom. The zero-order valence-electron chi connectivity index (χ0n) is 15.2. The summed E-state index contributed by atoms with van der Waals surface area (Å²) in [6.07, 6.45) is -2.04. The smallest absolute Gasteiger partial charge is 0.450 e. The topological polar surface area (TPSA) is 90.6 Å². The molecule has 3 heterocycles. The first kappa shape index (κ1) is 19.1. The molecule has 0 aliphatic rings. The van der Waals surface area contributed by atoms with E-state index in [0.717, 1.165) is 15.1 Å². The number of methoxy groups -OCH3 is 1. The number of nitrogens with zero attached hydrogens (tertiary/aromatic N) is 6. The molecule has 12 heteroatoms. The van der Waals surface area contributed by atoms with Crippen LogP contribution in [0.4, 0.5) is 19.0 Å². The average Bonchev–Trinajstić information content (AvgIpc) is 3.29. The van der Waals surface area contributed by atoms with Gasteiger partial charge in [0.15, 0.2) is 5.82 Å². The van der Waals surface area contributed by atoms with Gasteiger partial charge in [0, 0.05) is 6.07 Å². The summed E-state index contributed by atoms with van der Waals surface area (Å²) < 4.78 is 50.6. The summed E-state index contributed by atoms with van der Waals surface area (Å²) >= 11 is 1.26. The fourth-order valence-corrected chi connectivity index (χ4v) is 3.29. The molecule has 0 saturated carbocycles. The van der Waals surface area contributed by atoms with E-state index in [2.05, 4.69) is 29.9 Å². The number of aryl methyl sites for hydroxylation is 1. The van der Waals surface area contributed by atoms with Gasteiger partial charge in [-0.25, -0.2) is 15.0 Å². The number of aromatic nitrogens is 6. The van der Waals surface area contributed by atoms with E-state index in [0.29, 0.717) is 18.1 Å². The van der Waals surface area contributed by atoms with Gasteiger partial charge < -0.3 is 10.1 Å². The van der Waals surface area contributed by atoms with Crippen molar-refractivity contribution in [2.75, 3.05) is 12.4 Å². The third kappa shape index (κ3) is 3.70. The van der Waals surface area contributed by atoms with Crippen LogP contribution in [-0.2, 0) is 12.7 Å². The number of fused-ring (bicyclic) bond motifs is 1. The van der Waals surface area contributed by atoms with Crippen LogP contribution in [0.5, 0.6) is 5.75 Å². The van der Waals surface area contributed by atoms with Crippen molar-refractivity contribution < 1.29 is 17.9 Å². The Kier molecular flexibility index (Phi) is 4.78. The van der Waals surface area contributed by atoms with E-state index in [1.807, 2.05) is 6.92 Å². The molecule has 150 valence electrons. The molecule has 8 nitrogen and oxygen atoms in total. The lowest BCUT2D eigenvalue weighted by molar-refractivity contribution is -0.145. The highest BCUT2D eigenvalue weighted by molar-refractivity contribution is 7.05. The van der Waals surface area contributed by atoms with Crippen LogP contribution in [0.2, 0.25) is 0 Å². The molecule has 0 radical (unpaired) electrons. The third-order valence-electron chi connectivity index (χ3n) is 4.16. The van der Waals surface area contributed by atoms with E-state index in [1.165, 1.54) is 43.2 Å². The van der Waals surface area contributed by atoms with Gasteiger partial charge in [0.25, 0.3) is 0 Å². The second-order valence-corrected chi connectivity index (χ2v) is 6.86. The van der Waals surface area contributed by atoms with Gasteiger partial charge in [-0.2, -0.15) is 13.2 Å². The van der Waals surface area contributed by atoms with Gasteiger partial charge in [-0.15, -0.1) is 5.10 Å². The van der Waals surface area contributed by atoms with Gasteiger partial charge in [0.2, 0.25) is 5.82 Å². The lowest BCUT2D eigenvalue weighted by Gasteiger charge is -2.11. The number of halogens is 3. The van der Waals surface area contributed by atoms with Crippen LogP contribution in [0.15, 0.2) is 30.6 Å². The number of rotatable bonds is 5. The Morgan fingerprint density at radius 3 is 2.66 bits per heavy atom. The Bertz CT molecular complexity index is 1150. The first-order valence-electron chi connectivity index (χ1n) is 8.34. The summed E-state index contributed by atoms with van der Waals surface area (Å²) in [5.74, 6) is -0.263. The molecule has 0 bridgehead atoms. The largest absolute Gasteiger partial charge is 0.497 e. The summed E-state index contributed by atoms with van der Waals surface area (Å²) in [6, 6.07) is 4.49. The Balaban J connectivity index is 1.70. The normalized spacial score (nSPS) is 11.8. The maximum atomic E-state index is 13.6. The number of anilines is 1. The van der Waals surface area contributed by atoms with Crippen LogP contribution in [0, 0.1) is 6.92 Å². The highest BCUT2D eigenvalue weighted by Gasteiger charge is 2.38. The van der Waals surface area contributed by atoms with Crippen LogP contribution in [-0.4, -0.2) is 36.2 Å². The average molecular weight is 421 g/mol. The molecule has 0 fully saturated rings. The van der Waals surface area contributed by atoms with Gasteiger partial charge in [-0.05, 0) is 30.6 Å². The Labute approximate surface area is 166 Å². The van der Waals surface area contributed by atoms with Crippen molar-refractivity contribution >= 4 is 28.4 Å². The third-order valence-corrected chi connectivity index (χ3v) is 4.98. The van der Waals surface area contributed by atoms with Crippen molar-refractivity contribution in [3.05, 3.63) is 47.0 Å². The van der Waals surface area contributed by atoms with E-state index in [-0.39, 0.29) is 16.9 Å². The summed E-state index contributed by atoms with van der Waals surface area (Å²) in [5.41, 5.74) is 1.20. The van der Waals surface area contributed by atoms with Gasteiger partial charge in [0.05, 0.1) is 47.7 Å². The number of alkyl halides is 3. The molecule has 4 rings (SSSR count). The summed E-state index contributed by atoms with van der Waals surface area (Å²) in [6.45, 7) is 2.28. The fourth-order valence-electron chi connectivity index (χ4n) is 2.72. The maximum Gasteiger partial charge on any atom is 0.450 e. The highest BCUT2D eigenvalue weighted by Crippen LogP contribution is 2.34. The predicted octanol–water partition coefficient (Wildman–Crippen LogP) is 3.61. The Hall–Kier alpha value is -3.28. The molecular weight excluding hydrogens is 407 g/mol. The van der Waals surface area contributed by atoms with Crippen molar-refractivity contribution in [2.45, 2.75) is 19.6 Å². The standard InChI is InChI=1S/C17H14F3N7OS/c1-9-13(29-26-25-9)6-21-14-7-23-15(8-22-14)27-12-5-10(28-2)3-4-11(12)24-16(27)17(18,19)20/h3-5,7-8H,6H2,1-2H3,(H,21,22). The molecule has 0 amide bonds. The molecule has 4 aromatic rings. The molecule has 3 aromatic heterocycles. The lowest BCUT2D eigenvalue weighted by atomic mass is 10.3. The number of imidazole rings is 1. The van der Waals surface area contributed by atoms with E-state index < -0.39 is 12.0 Å². The molecular formula is C17H14F3N7OS. The van der Waals surface area contributed by atoms with Gasteiger partial charge in [0.1, 0.15) is 11.6 Å². The van der Waals surface area contributed by atoms with E-state index in [4.69, 9.17) is 4.74 Å². The summed E-state index contributed by atoms with van der Waals surface area (Å²) in [4.78, 5) is 13.0. The molecule has 1 N–H and O–H groups in total. The van der Waals surface area contributed by atoms with E-state index in [9.17, 15) is 13.2 Å². The molecule has 0 unspecified atom stereocenters. The molecule has 0 spiro atoms. The maximum absolute atomic E-state index is 13.6. The first-order valence-corrected chi connectivity index (χ1v) is 9.12. The molecule has 0 aliphatic heterocycles. The minimum absolute atomic E-state index is 0.00531. The van der Waals surface area contributed by atoms with Crippen LogP contribution >= 0.6 is 11.5 Å². The summed E-state index contributed by atoms with van der Waals surface area (Å²) in [5, 5.41) is 6.97. The zero-order chi connectivity index (χ0) is 20.6. The predicted molar refractivity (Wildman–Crippen MR) is 100 cm³/mol. The number of nitrogens with one attached hydrogen (secondary N) is 1. The van der Waals surface area contributed by atoms with Gasteiger partial charge in [-0.3, -0.25) is 4.57 Å². The van der Waals surface area contributed by atoms with Gasteiger partial charge in [-0.1, -0.05) is 4.49 Å². The molecule has 0 aliphatic carbocycles. The van der Waals surface area contributed by atoms with Gasteiger partial charge >= 0.3 is 6.18 Å². The van der Waals surface area contributed by atoms with E-state index >= 15 is 0 Å². The van der Waals surface area contributed by atoms with Crippen molar-refractivity contribution in [2.24, 2.45) is 0 Å². The minimum Gasteiger partial charge on any atom is -0.497 e. The van der Waals surface area contributed by atoms with Crippen LogP contribution in [0.25, 0.3) is 16.9 Å². The summed E-state index contributed by atoms with van der Waals surface area (Å²) in [7, 11) is 1.44. The number of hydrogen-bond acceptors (Lipinski definition) is 8. The van der Waals surface area contributed by atoms with E-state index in [1.54, 1.807) is 6.07 Å². The highest BCUT2D eigenvalue weighted by atomic mass is 32.1. The SMILES string of the molecule is COc1ccc2nc(C(F)(F)F)n(-c3cnc(NCc4snnc4C)cn3)c2c1. The second-order valence-electron chi connectivity index (χ2n) is 6.02. The van der Waals surface area contributed by atoms with Crippen molar-refractivity contribution in [3.8, 4) is 11.6 Å². The second kappa shape index (κ2) is 7.28. The zero-order valence-corrected chi connectivity index (χ0v) is 16.0. The van der Waals surface area contributed by atoms with Crippen LogP contribution < -0.4 is 10.1 Å². The molecule has 1 aromatic carbocycles. The number of ether oxygens (including phenoxy) is 1. The van der Waals surface area contributed by atoms with Crippen molar-refractivity contribution in [1.82, 2.24) is 29.1 Å². The quantitative estimate of drug-likeness (QED) is 0.526. The first-order chi connectivity index (χ1) is 13.9. The number of benzene rings is 1. The molecule has 29 heavy (non-hydrogen) atoms. The fraction of sp³-hybridized carbons (Fsp3) is 0.235. The molecule has 0 saturated heterocycles. The van der Waals surface area contributed by atoms with Crippen molar-refractivity contribution in [1.29, 1.82) is 0 Å². The minimum atomic E-state index is -4.67. The van der Waals surface area contributed by atoms with Crippen LogP contribution in [0.1, 0.15) is 16.4 Å². The van der Waals surface area contributed by atoms with Crippen LogP contribution in [0.3, 0.4) is 0 Å².